The van der Waals surface area contributed by atoms with Crippen LogP contribution in [0.1, 0.15) is 56.1 Å². The lowest BCUT2D eigenvalue weighted by Gasteiger charge is -2.26. The molecule has 1 saturated carbocycles. The summed E-state index contributed by atoms with van der Waals surface area (Å²) in [4.78, 5) is 0. The molecule has 1 nitrogen and oxygen atoms in total. The van der Waals surface area contributed by atoms with E-state index in [1.807, 2.05) is 0 Å². The molecule has 1 atom stereocenters. The predicted octanol–water partition coefficient (Wildman–Crippen LogP) is 6.39. The van der Waals surface area contributed by atoms with Crippen molar-refractivity contribution in [2.75, 3.05) is 0 Å². The summed E-state index contributed by atoms with van der Waals surface area (Å²) in [5, 5.41) is 11.5. The molecular weight excluding hydrogens is 290 g/mol. The lowest BCUT2D eigenvalue weighted by molar-refractivity contribution is 0.438. The quantitative estimate of drug-likeness (QED) is 0.635. The van der Waals surface area contributed by atoms with Crippen LogP contribution in [0.3, 0.4) is 0 Å². The fourth-order valence-corrected chi connectivity index (χ4v) is 4.37. The summed E-state index contributed by atoms with van der Waals surface area (Å²) in [7, 11) is 0. The largest absolute Gasteiger partial charge is 0.304 e. The van der Waals surface area contributed by atoms with Gasteiger partial charge in [0.15, 0.2) is 0 Å². The van der Waals surface area contributed by atoms with E-state index in [4.69, 9.17) is 5.41 Å². The Bertz CT molecular complexity index is 834. The highest BCUT2D eigenvalue weighted by atomic mass is 14.5. The van der Waals surface area contributed by atoms with Gasteiger partial charge in [-0.1, -0.05) is 79.5 Å². The molecule has 0 spiro atoms. The Labute approximate surface area is 144 Å². The zero-order chi connectivity index (χ0) is 16.5. The Morgan fingerprint density at radius 1 is 1.00 bits per heavy atom. The van der Waals surface area contributed by atoms with Crippen molar-refractivity contribution in [2.24, 2.45) is 5.92 Å². The van der Waals surface area contributed by atoms with E-state index >= 15 is 0 Å². The zero-order valence-corrected chi connectivity index (χ0v) is 14.4. The van der Waals surface area contributed by atoms with Crippen molar-refractivity contribution >= 4 is 16.5 Å². The van der Waals surface area contributed by atoms with Gasteiger partial charge in [-0.15, -0.1) is 0 Å². The first kappa shape index (κ1) is 15.4. The van der Waals surface area contributed by atoms with Crippen LogP contribution >= 0.6 is 0 Å². The molecule has 24 heavy (non-hydrogen) atoms. The van der Waals surface area contributed by atoms with E-state index in [1.54, 1.807) is 0 Å². The smallest absolute Gasteiger partial charge is 0.0426 e. The van der Waals surface area contributed by atoms with E-state index in [1.165, 1.54) is 59.6 Å². The maximum Gasteiger partial charge on any atom is 0.0426 e. The molecule has 0 bridgehead atoms. The highest BCUT2D eigenvalue weighted by molar-refractivity contribution is 6.12. The summed E-state index contributed by atoms with van der Waals surface area (Å²) in [5.41, 5.74) is 4.76. The third-order valence-electron chi connectivity index (χ3n) is 5.73. The molecule has 2 aromatic rings. The monoisotopic (exact) mass is 315 g/mol. The number of hydrogen-bond acceptors (Lipinski definition) is 1. The molecule has 0 aliphatic heterocycles. The Hall–Kier alpha value is -2.15. The summed E-state index contributed by atoms with van der Waals surface area (Å²) in [6.07, 6.45) is 12.9. The van der Waals surface area contributed by atoms with E-state index in [0.717, 1.165) is 5.71 Å². The van der Waals surface area contributed by atoms with Gasteiger partial charge in [-0.25, -0.2) is 0 Å². The Morgan fingerprint density at radius 2 is 1.79 bits per heavy atom. The molecule has 2 aliphatic rings. The van der Waals surface area contributed by atoms with Crippen LogP contribution in [-0.2, 0) is 0 Å². The number of fused-ring (bicyclic) bond motifs is 1. The minimum absolute atomic E-state index is 0.327. The molecule has 1 N–H and O–H groups in total. The second kappa shape index (κ2) is 6.39. The van der Waals surface area contributed by atoms with Crippen molar-refractivity contribution in [3.63, 3.8) is 0 Å². The van der Waals surface area contributed by atoms with E-state index in [2.05, 4.69) is 61.5 Å². The highest BCUT2D eigenvalue weighted by Gasteiger charge is 2.26. The number of nitrogens with one attached hydrogen (secondary N) is 1. The first-order chi connectivity index (χ1) is 11.8. The lowest BCUT2D eigenvalue weighted by atomic mass is 9.78. The van der Waals surface area contributed by atoms with Crippen molar-refractivity contribution in [3.05, 3.63) is 71.3 Å². The van der Waals surface area contributed by atoms with E-state index in [0.29, 0.717) is 11.8 Å². The number of allylic oxidation sites excluding steroid dienone is 4. The lowest BCUT2D eigenvalue weighted by Crippen LogP contribution is -2.20. The normalized spacial score (nSPS) is 21.2. The molecule has 1 heteroatoms. The fraction of sp³-hybridized carbons (Fsp3) is 0.348. The van der Waals surface area contributed by atoms with Gasteiger partial charge in [-0.3, -0.25) is 0 Å². The summed E-state index contributed by atoms with van der Waals surface area (Å²) in [6, 6.07) is 13.1. The maximum atomic E-state index is 9.03. The minimum Gasteiger partial charge on any atom is -0.304 e. The standard InChI is InChI=1S/C23H25N/c1-16-8-7-13-19(16)21-15-14-17-9-5-6-12-20(17)22(21)23(24)18-10-3-2-4-11-18/h5-9,12-15,18-19,24H,2-4,10-11H2,1H3. The first-order valence-corrected chi connectivity index (χ1v) is 9.21. The van der Waals surface area contributed by atoms with Crippen molar-refractivity contribution in [1.82, 2.24) is 0 Å². The van der Waals surface area contributed by atoms with Crippen LogP contribution in [0.5, 0.6) is 0 Å². The van der Waals surface area contributed by atoms with Gasteiger partial charge in [0.05, 0.1) is 0 Å². The number of rotatable bonds is 3. The fourth-order valence-electron chi connectivity index (χ4n) is 4.37. The van der Waals surface area contributed by atoms with Crippen LogP contribution in [0.25, 0.3) is 10.8 Å². The molecule has 2 aliphatic carbocycles. The molecule has 2 aromatic carbocycles. The summed E-state index contributed by atoms with van der Waals surface area (Å²) in [5.74, 6) is 0.756. The molecule has 1 fully saturated rings. The van der Waals surface area contributed by atoms with Gasteiger partial charge in [-0.2, -0.15) is 0 Å². The van der Waals surface area contributed by atoms with Gasteiger partial charge in [-0.05, 0) is 36.1 Å². The molecule has 4 rings (SSSR count). The van der Waals surface area contributed by atoms with E-state index in [-0.39, 0.29) is 0 Å². The average molecular weight is 315 g/mol. The third-order valence-corrected chi connectivity index (χ3v) is 5.73. The topological polar surface area (TPSA) is 23.9 Å². The molecule has 0 aromatic heterocycles. The summed E-state index contributed by atoms with van der Waals surface area (Å²) in [6.45, 7) is 2.20. The third kappa shape index (κ3) is 2.62. The van der Waals surface area contributed by atoms with Gasteiger partial charge in [0, 0.05) is 23.1 Å². The maximum absolute atomic E-state index is 9.03. The highest BCUT2D eigenvalue weighted by Crippen LogP contribution is 2.38. The van der Waals surface area contributed by atoms with Gasteiger partial charge in [0.1, 0.15) is 0 Å². The summed E-state index contributed by atoms with van der Waals surface area (Å²) < 4.78 is 0. The second-order valence-corrected chi connectivity index (χ2v) is 7.27. The average Bonchev–Trinajstić information content (AvgIpc) is 3.06. The Kier molecular flexibility index (Phi) is 4.10. The van der Waals surface area contributed by atoms with Gasteiger partial charge in [0.25, 0.3) is 0 Å². The molecule has 0 saturated heterocycles. The van der Waals surface area contributed by atoms with Crippen LogP contribution in [-0.4, -0.2) is 5.71 Å². The Morgan fingerprint density at radius 3 is 2.54 bits per heavy atom. The van der Waals surface area contributed by atoms with Crippen molar-refractivity contribution in [3.8, 4) is 0 Å². The number of hydrogen-bond donors (Lipinski definition) is 1. The molecule has 0 amide bonds. The zero-order valence-electron chi connectivity index (χ0n) is 14.4. The molecular formula is C23H25N. The van der Waals surface area contributed by atoms with Crippen molar-refractivity contribution < 1.29 is 0 Å². The minimum atomic E-state index is 0.327. The predicted molar refractivity (Wildman–Crippen MR) is 103 cm³/mol. The van der Waals surface area contributed by atoms with E-state index < -0.39 is 0 Å². The molecule has 0 radical (unpaired) electrons. The summed E-state index contributed by atoms with van der Waals surface area (Å²) >= 11 is 0. The van der Waals surface area contributed by atoms with Gasteiger partial charge < -0.3 is 5.41 Å². The number of benzene rings is 2. The molecule has 0 heterocycles. The Balaban J connectivity index is 1.88. The SMILES string of the molecule is CC1=CC=CC1c1ccc2ccccc2c1C(=N)C1CCCCC1. The first-order valence-electron chi connectivity index (χ1n) is 9.21. The van der Waals surface area contributed by atoms with Crippen molar-refractivity contribution in [1.29, 1.82) is 5.41 Å². The van der Waals surface area contributed by atoms with Crippen LogP contribution < -0.4 is 0 Å². The second-order valence-electron chi connectivity index (χ2n) is 7.27. The van der Waals surface area contributed by atoms with Crippen LogP contribution in [0.15, 0.2) is 60.2 Å². The van der Waals surface area contributed by atoms with Gasteiger partial charge >= 0.3 is 0 Å². The van der Waals surface area contributed by atoms with Gasteiger partial charge in [0.2, 0.25) is 0 Å². The molecule has 1 unspecified atom stereocenters. The van der Waals surface area contributed by atoms with E-state index in [9.17, 15) is 0 Å². The molecule has 122 valence electrons. The van der Waals surface area contributed by atoms with Crippen molar-refractivity contribution in [2.45, 2.75) is 44.9 Å². The van der Waals surface area contributed by atoms with Crippen LogP contribution in [0.2, 0.25) is 0 Å². The van der Waals surface area contributed by atoms with Crippen LogP contribution in [0.4, 0.5) is 0 Å². The van der Waals surface area contributed by atoms with Crippen LogP contribution in [0, 0.1) is 11.3 Å².